The van der Waals surface area contributed by atoms with Gasteiger partial charge in [0, 0.05) is 37.8 Å². The number of carbonyl (C=O) groups excluding carboxylic acids is 1. The lowest BCUT2D eigenvalue weighted by Gasteiger charge is -2.15. The molecule has 1 aliphatic rings. The van der Waals surface area contributed by atoms with Gasteiger partial charge >= 0.3 is 0 Å². The zero-order valence-electron chi connectivity index (χ0n) is 16.3. The first-order chi connectivity index (χ1) is 13.8. The maximum absolute atomic E-state index is 12.0. The minimum Gasteiger partial charge on any atom is -0.493 e. The number of hydrogen-bond acceptors (Lipinski definition) is 3. The van der Waals surface area contributed by atoms with Crippen LogP contribution in [-0.2, 0) is 6.54 Å². The second kappa shape index (κ2) is 10.3. The van der Waals surface area contributed by atoms with Crippen molar-refractivity contribution < 1.29 is 9.53 Å². The molecule has 1 amide bonds. The molecule has 0 spiro atoms. The van der Waals surface area contributed by atoms with Crippen LogP contribution >= 0.6 is 0 Å². The molecule has 0 aliphatic heterocycles. The van der Waals surface area contributed by atoms with E-state index >= 15 is 0 Å². The van der Waals surface area contributed by atoms with Gasteiger partial charge in [0.15, 0.2) is 5.96 Å². The monoisotopic (exact) mass is 380 g/mol. The maximum atomic E-state index is 12.0. The van der Waals surface area contributed by atoms with Gasteiger partial charge in [-0.15, -0.1) is 0 Å². The predicted octanol–water partition coefficient (Wildman–Crippen LogP) is 2.57. The van der Waals surface area contributed by atoms with Crippen LogP contribution < -0.4 is 20.7 Å². The lowest BCUT2D eigenvalue weighted by atomic mass is 10.2. The number of amides is 1. The average molecular weight is 380 g/mol. The maximum Gasteiger partial charge on any atom is 0.251 e. The minimum atomic E-state index is -0.0768. The number of nitrogens with one attached hydrogen (secondary N) is 3. The molecule has 3 N–H and O–H groups in total. The van der Waals surface area contributed by atoms with Gasteiger partial charge in [0.1, 0.15) is 5.75 Å². The van der Waals surface area contributed by atoms with Crippen LogP contribution in [0.15, 0.2) is 59.6 Å². The Bertz CT molecular complexity index is 788. The summed E-state index contributed by atoms with van der Waals surface area (Å²) in [4.78, 5) is 16.3. The third-order valence-corrected chi connectivity index (χ3v) is 4.55. The van der Waals surface area contributed by atoms with Crippen LogP contribution in [0.3, 0.4) is 0 Å². The summed E-state index contributed by atoms with van der Waals surface area (Å²) in [5.74, 6) is 2.26. The van der Waals surface area contributed by atoms with Gasteiger partial charge < -0.3 is 20.7 Å². The van der Waals surface area contributed by atoms with Crippen LogP contribution in [-0.4, -0.2) is 38.6 Å². The van der Waals surface area contributed by atoms with Crippen molar-refractivity contribution in [3.05, 3.63) is 65.7 Å². The molecule has 1 saturated carbocycles. The summed E-state index contributed by atoms with van der Waals surface area (Å²) in [6, 6.07) is 17.3. The minimum absolute atomic E-state index is 0.0768. The van der Waals surface area contributed by atoms with Gasteiger partial charge in [0.25, 0.3) is 5.91 Å². The molecule has 0 unspecified atom stereocenters. The number of hydrogen-bond donors (Lipinski definition) is 3. The second-order valence-corrected chi connectivity index (χ2v) is 6.84. The highest BCUT2D eigenvalue weighted by atomic mass is 16.5. The predicted molar refractivity (Wildman–Crippen MR) is 112 cm³/mol. The lowest BCUT2D eigenvalue weighted by Crippen LogP contribution is -2.41. The molecule has 28 heavy (non-hydrogen) atoms. The number of nitrogens with zero attached hydrogens (tertiary/aromatic N) is 1. The number of aliphatic imine (C=N–C) groups is 1. The van der Waals surface area contributed by atoms with E-state index in [0.717, 1.165) is 23.8 Å². The molecule has 0 saturated heterocycles. The van der Waals surface area contributed by atoms with E-state index in [1.807, 2.05) is 36.4 Å². The Labute approximate surface area is 166 Å². The highest BCUT2D eigenvalue weighted by molar-refractivity contribution is 5.94. The summed E-state index contributed by atoms with van der Waals surface area (Å²) in [5.41, 5.74) is 1.76. The Hall–Kier alpha value is -3.02. The van der Waals surface area contributed by atoms with Crippen LogP contribution in [0, 0.1) is 5.92 Å². The number of ether oxygens (including phenoxy) is 1. The topological polar surface area (TPSA) is 74.8 Å². The van der Waals surface area contributed by atoms with Gasteiger partial charge in [0.05, 0.1) is 6.61 Å². The SMILES string of the molecule is CN=C(NCCNC(=O)c1ccccc1)NCc1ccccc1OCC1CC1. The Morgan fingerprint density at radius 3 is 2.46 bits per heavy atom. The van der Waals surface area contributed by atoms with Crippen LogP contribution in [0.2, 0.25) is 0 Å². The fraction of sp³-hybridized carbons (Fsp3) is 0.364. The third kappa shape index (κ3) is 6.30. The van der Waals surface area contributed by atoms with Crippen molar-refractivity contribution in [3.63, 3.8) is 0 Å². The normalized spacial score (nSPS) is 13.7. The van der Waals surface area contributed by atoms with Crippen molar-refractivity contribution in [2.24, 2.45) is 10.9 Å². The fourth-order valence-corrected chi connectivity index (χ4v) is 2.73. The highest BCUT2D eigenvalue weighted by Gasteiger charge is 2.22. The van der Waals surface area contributed by atoms with Crippen molar-refractivity contribution in [1.29, 1.82) is 0 Å². The van der Waals surface area contributed by atoms with E-state index < -0.39 is 0 Å². The van der Waals surface area contributed by atoms with E-state index in [-0.39, 0.29) is 5.91 Å². The average Bonchev–Trinajstić information content (AvgIpc) is 3.57. The van der Waals surface area contributed by atoms with Gasteiger partial charge in [0.2, 0.25) is 0 Å². The van der Waals surface area contributed by atoms with E-state index in [9.17, 15) is 4.79 Å². The third-order valence-electron chi connectivity index (χ3n) is 4.55. The van der Waals surface area contributed by atoms with Crippen LogP contribution in [0.5, 0.6) is 5.75 Å². The van der Waals surface area contributed by atoms with Crippen LogP contribution in [0.1, 0.15) is 28.8 Å². The standard InChI is InChI=1S/C22H28N4O2/c1-23-22(25-14-13-24-21(27)18-7-3-2-4-8-18)26-15-19-9-5-6-10-20(19)28-16-17-11-12-17/h2-10,17H,11-16H2,1H3,(H,24,27)(H2,23,25,26). The lowest BCUT2D eigenvalue weighted by molar-refractivity contribution is 0.0954. The Morgan fingerprint density at radius 1 is 1.00 bits per heavy atom. The summed E-state index contributed by atoms with van der Waals surface area (Å²) in [6.45, 7) is 2.51. The van der Waals surface area contributed by atoms with Crippen molar-refractivity contribution >= 4 is 11.9 Å². The first-order valence-electron chi connectivity index (χ1n) is 9.74. The summed E-state index contributed by atoms with van der Waals surface area (Å²) in [6.07, 6.45) is 2.55. The fourth-order valence-electron chi connectivity index (χ4n) is 2.73. The molecule has 2 aromatic rings. The smallest absolute Gasteiger partial charge is 0.251 e. The van der Waals surface area contributed by atoms with E-state index in [1.165, 1.54) is 12.8 Å². The molecule has 1 aliphatic carbocycles. The van der Waals surface area contributed by atoms with E-state index in [0.29, 0.717) is 31.2 Å². The Balaban J connectivity index is 1.39. The Kier molecular flexibility index (Phi) is 7.29. The summed E-state index contributed by atoms with van der Waals surface area (Å²) >= 11 is 0. The summed E-state index contributed by atoms with van der Waals surface area (Å²) in [5, 5.41) is 9.40. The van der Waals surface area contributed by atoms with E-state index in [2.05, 4.69) is 27.0 Å². The van der Waals surface area contributed by atoms with Crippen molar-refractivity contribution in [2.45, 2.75) is 19.4 Å². The van der Waals surface area contributed by atoms with Crippen LogP contribution in [0.4, 0.5) is 0 Å². The molecule has 0 heterocycles. The van der Waals surface area contributed by atoms with Crippen LogP contribution in [0.25, 0.3) is 0 Å². The van der Waals surface area contributed by atoms with Gasteiger partial charge in [-0.1, -0.05) is 36.4 Å². The molecular formula is C22H28N4O2. The van der Waals surface area contributed by atoms with E-state index in [1.54, 1.807) is 19.2 Å². The molecule has 6 heteroatoms. The zero-order valence-corrected chi connectivity index (χ0v) is 16.3. The largest absolute Gasteiger partial charge is 0.493 e. The first-order valence-corrected chi connectivity index (χ1v) is 9.74. The zero-order chi connectivity index (χ0) is 19.6. The molecule has 0 atom stereocenters. The molecule has 3 rings (SSSR count). The molecule has 2 aromatic carbocycles. The highest BCUT2D eigenvalue weighted by Crippen LogP contribution is 2.30. The van der Waals surface area contributed by atoms with Crippen molar-refractivity contribution in [2.75, 3.05) is 26.7 Å². The molecule has 148 valence electrons. The number of para-hydroxylation sites is 1. The molecule has 0 radical (unpaired) electrons. The van der Waals surface area contributed by atoms with Gasteiger partial charge in [-0.3, -0.25) is 9.79 Å². The van der Waals surface area contributed by atoms with E-state index in [4.69, 9.17) is 4.74 Å². The summed E-state index contributed by atoms with van der Waals surface area (Å²) in [7, 11) is 1.73. The van der Waals surface area contributed by atoms with Gasteiger partial charge in [-0.05, 0) is 37.0 Å². The molecular weight excluding hydrogens is 352 g/mol. The molecule has 6 nitrogen and oxygen atoms in total. The quantitative estimate of drug-likeness (QED) is 0.355. The number of guanidine groups is 1. The Morgan fingerprint density at radius 2 is 1.71 bits per heavy atom. The van der Waals surface area contributed by atoms with Crippen molar-refractivity contribution in [3.8, 4) is 5.75 Å². The van der Waals surface area contributed by atoms with Gasteiger partial charge in [-0.2, -0.15) is 0 Å². The van der Waals surface area contributed by atoms with Crippen molar-refractivity contribution in [1.82, 2.24) is 16.0 Å². The number of rotatable bonds is 9. The molecule has 0 bridgehead atoms. The second-order valence-electron chi connectivity index (χ2n) is 6.84. The van der Waals surface area contributed by atoms with Gasteiger partial charge in [-0.25, -0.2) is 0 Å². The number of carbonyl (C=O) groups is 1. The molecule has 0 aromatic heterocycles. The summed E-state index contributed by atoms with van der Waals surface area (Å²) < 4.78 is 5.95. The molecule has 1 fully saturated rings. The first kappa shape index (κ1) is 19.7. The number of benzene rings is 2.